The van der Waals surface area contributed by atoms with Gasteiger partial charge in [0.05, 0.1) is 22.3 Å². The second-order valence-corrected chi connectivity index (χ2v) is 11.4. The van der Waals surface area contributed by atoms with Gasteiger partial charge in [-0.25, -0.2) is 14.4 Å². The van der Waals surface area contributed by atoms with Gasteiger partial charge in [0.15, 0.2) is 0 Å². The first kappa shape index (κ1) is 38.5. The van der Waals surface area contributed by atoms with Crippen molar-refractivity contribution in [2.75, 3.05) is 5.32 Å². The molecule has 3 rings (SSSR count). The number of amides is 3. The Morgan fingerprint density at radius 1 is 0.640 bits per heavy atom. The summed E-state index contributed by atoms with van der Waals surface area (Å²) in [5.74, 6) is -8.67. The SMILES string of the molecule is CC(C)(C)C(=O)Nc1ccc(C(=O)NNC(=O)[C@H](OC(=O)c2cccc(C(F)(F)F)c2)[C@H](OC(=O)c2cccc(C(F)(F)F)c2)C(=O)O)cc1. The molecule has 0 aliphatic heterocycles. The topological polar surface area (TPSA) is 177 Å². The number of aliphatic carboxylic acids is 1. The van der Waals surface area contributed by atoms with Gasteiger partial charge in [-0.2, -0.15) is 26.3 Å². The summed E-state index contributed by atoms with van der Waals surface area (Å²) in [6.07, 6.45) is -15.4. The molecule has 0 saturated heterocycles. The molecule has 3 aromatic rings. The van der Waals surface area contributed by atoms with Crippen LogP contribution in [0.15, 0.2) is 72.8 Å². The number of nitrogens with one attached hydrogen (secondary N) is 3. The van der Waals surface area contributed by atoms with Crippen molar-refractivity contribution >= 4 is 41.3 Å². The maximum absolute atomic E-state index is 13.2. The molecule has 0 aliphatic rings. The van der Waals surface area contributed by atoms with Crippen LogP contribution in [0.25, 0.3) is 0 Å². The molecule has 50 heavy (non-hydrogen) atoms. The molecule has 266 valence electrons. The number of ether oxygens (including phenoxy) is 2. The fourth-order valence-electron chi connectivity index (χ4n) is 3.79. The van der Waals surface area contributed by atoms with Crippen LogP contribution in [-0.4, -0.2) is 52.9 Å². The predicted molar refractivity (Wildman–Crippen MR) is 159 cm³/mol. The second-order valence-electron chi connectivity index (χ2n) is 11.4. The number of carboxylic acids is 1. The molecule has 0 spiro atoms. The summed E-state index contributed by atoms with van der Waals surface area (Å²) in [7, 11) is 0. The summed E-state index contributed by atoms with van der Waals surface area (Å²) in [6, 6.07) is 10.2. The third-order valence-corrected chi connectivity index (χ3v) is 6.48. The first-order chi connectivity index (χ1) is 23.1. The van der Waals surface area contributed by atoms with Crippen LogP contribution in [0.3, 0.4) is 0 Å². The van der Waals surface area contributed by atoms with Crippen molar-refractivity contribution in [3.8, 4) is 0 Å². The highest BCUT2D eigenvalue weighted by molar-refractivity contribution is 6.00. The van der Waals surface area contributed by atoms with Gasteiger partial charge < -0.3 is 19.9 Å². The Hall–Kier alpha value is -5.94. The molecular weight excluding hydrogens is 684 g/mol. The molecule has 4 N–H and O–H groups in total. The van der Waals surface area contributed by atoms with Crippen LogP contribution < -0.4 is 16.2 Å². The minimum atomic E-state index is -4.93. The summed E-state index contributed by atoms with van der Waals surface area (Å²) in [5, 5.41) is 12.4. The summed E-state index contributed by atoms with van der Waals surface area (Å²) < 4.78 is 88.8. The average Bonchev–Trinajstić information content (AvgIpc) is 3.03. The quantitative estimate of drug-likeness (QED) is 0.135. The van der Waals surface area contributed by atoms with Gasteiger partial charge in [-0.05, 0) is 60.7 Å². The summed E-state index contributed by atoms with van der Waals surface area (Å²) in [6.45, 7) is 4.99. The van der Waals surface area contributed by atoms with E-state index in [1.807, 2.05) is 5.43 Å². The van der Waals surface area contributed by atoms with E-state index in [1.165, 1.54) is 24.3 Å². The predicted octanol–water partition coefficient (Wildman–Crippen LogP) is 5.01. The van der Waals surface area contributed by atoms with E-state index < -0.39 is 82.0 Å². The van der Waals surface area contributed by atoms with Gasteiger partial charge in [0.1, 0.15) is 0 Å². The lowest BCUT2D eigenvalue weighted by molar-refractivity contribution is -0.159. The summed E-state index contributed by atoms with van der Waals surface area (Å²) in [4.78, 5) is 75.8. The van der Waals surface area contributed by atoms with Gasteiger partial charge in [0, 0.05) is 16.7 Å². The molecule has 3 amide bonds. The van der Waals surface area contributed by atoms with Crippen molar-refractivity contribution in [3.63, 3.8) is 0 Å². The smallest absolute Gasteiger partial charge is 0.416 e. The van der Waals surface area contributed by atoms with Crippen molar-refractivity contribution in [1.82, 2.24) is 10.9 Å². The highest BCUT2D eigenvalue weighted by Gasteiger charge is 2.42. The molecule has 0 aromatic heterocycles. The minimum absolute atomic E-state index is 0.123. The number of esters is 2. The van der Waals surface area contributed by atoms with Crippen molar-refractivity contribution in [1.29, 1.82) is 0 Å². The Morgan fingerprint density at radius 3 is 1.52 bits per heavy atom. The van der Waals surface area contributed by atoms with Crippen molar-refractivity contribution in [2.45, 2.75) is 45.3 Å². The zero-order valence-corrected chi connectivity index (χ0v) is 26.1. The van der Waals surface area contributed by atoms with Gasteiger partial charge >= 0.3 is 30.3 Å². The van der Waals surface area contributed by atoms with Crippen molar-refractivity contribution in [2.24, 2.45) is 5.41 Å². The van der Waals surface area contributed by atoms with Crippen LogP contribution in [0.2, 0.25) is 0 Å². The minimum Gasteiger partial charge on any atom is -0.478 e. The summed E-state index contributed by atoms with van der Waals surface area (Å²) >= 11 is 0. The zero-order valence-electron chi connectivity index (χ0n) is 26.1. The van der Waals surface area contributed by atoms with E-state index in [1.54, 1.807) is 26.2 Å². The lowest BCUT2D eigenvalue weighted by Gasteiger charge is -2.24. The van der Waals surface area contributed by atoms with Crippen molar-refractivity contribution < 1.29 is 69.7 Å². The number of hydrogen-bond acceptors (Lipinski definition) is 8. The Morgan fingerprint density at radius 2 is 1.10 bits per heavy atom. The number of alkyl halides is 6. The zero-order chi connectivity index (χ0) is 37.6. The van der Waals surface area contributed by atoms with Gasteiger partial charge in [0.2, 0.25) is 18.1 Å². The summed E-state index contributed by atoms with van der Waals surface area (Å²) in [5.41, 5.74) is -1.23. The number of benzene rings is 3. The van der Waals surface area contributed by atoms with Crippen molar-refractivity contribution in [3.05, 3.63) is 101 Å². The molecule has 0 unspecified atom stereocenters. The van der Waals surface area contributed by atoms with Crippen LogP contribution in [0, 0.1) is 5.41 Å². The lowest BCUT2D eigenvalue weighted by atomic mass is 9.95. The Kier molecular flexibility index (Phi) is 11.6. The molecule has 2 atom stereocenters. The van der Waals surface area contributed by atoms with Crippen LogP contribution in [0.4, 0.5) is 32.0 Å². The number of hydrogen-bond donors (Lipinski definition) is 4. The van der Waals surface area contributed by atoms with Gasteiger partial charge in [-0.1, -0.05) is 32.9 Å². The number of carboxylic acid groups (broad SMARTS) is 1. The monoisotopic (exact) mass is 711 g/mol. The molecule has 0 heterocycles. The fourth-order valence-corrected chi connectivity index (χ4v) is 3.79. The highest BCUT2D eigenvalue weighted by Crippen LogP contribution is 2.31. The van der Waals surface area contributed by atoms with Gasteiger partial charge in [-0.3, -0.25) is 25.2 Å². The Bertz CT molecular complexity index is 1790. The molecular formula is C32H27F6N3O9. The maximum atomic E-state index is 13.2. The van der Waals surface area contributed by atoms with Gasteiger partial charge in [0.25, 0.3) is 11.8 Å². The largest absolute Gasteiger partial charge is 0.478 e. The van der Waals surface area contributed by atoms with E-state index in [0.717, 1.165) is 24.3 Å². The van der Waals surface area contributed by atoms with E-state index >= 15 is 0 Å². The van der Waals surface area contributed by atoms with E-state index in [0.29, 0.717) is 30.0 Å². The van der Waals surface area contributed by atoms with E-state index in [-0.39, 0.29) is 11.5 Å². The average molecular weight is 712 g/mol. The normalized spacial score (nSPS) is 12.9. The molecule has 3 aromatic carbocycles. The fraction of sp³-hybridized carbons (Fsp3) is 0.250. The molecule has 0 radical (unpaired) electrons. The Labute approximate surface area is 278 Å². The number of hydrazine groups is 1. The lowest BCUT2D eigenvalue weighted by Crippen LogP contribution is -2.54. The number of carbonyl (C=O) groups is 6. The second kappa shape index (κ2) is 15.1. The number of carbonyl (C=O) groups excluding carboxylic acids is 5. The van der Waals surface area contributed by atoms with Crippen LogP contribution in [-0.2, 0) is 36.2 Å². The molecule has 12 nitrogen and oxygen atoms in total. The molecule has 0 bridgehead atoms. The molecule has 0 fully saturated rings. The number of anilines is 1. The standard InChI is InChI=1S/C32H27F6N3O9/c1-30(2,3)29(48)39-21-12-10-16(11-13-21)24(42)40-41-25(43)22(49-27(46)17-6-4-8-19(14-17)31(33,34)35)23(26(44)45)50-28(47)18-7-5-9-20(15-18)32(36,37)38/h4-15,22-23H,1-3H3,(H,39,48)(H,40,42)(H,41,43)(H,44,45)/t22-,23+/m1/s1. The van der Waals surface area contributed by atoms with Gasteiger partial charge in [-0.15, -0.1) is 0 Å². The van der Waals surface area contributed by atoms with Crippen LogP contribution in [0.5, 0.6) is 0 Å². The van der Waals surface area contributed by atoms with E-state index in [2.05, 4.69) is 5.32 Å². The van der Waals surface area contributed by atoms with E-state index in [9.17, 15) is 60.2 Å². The van der Waals surface area contributed by atoms with Crippen LogP contribution >= 0.6 is 0 Å². The van der Waals surface area contributed by atoms with E-state index in [4.69, 9.17) is 9.47 Å². The maximum Gasteiger partial charge on any atom is 0.416 e. The first-order valence-corrected chi connectivity index (χ1v) is 14.1. The third-order valence-electron chi connectivity index (χ3n) is 6.48. The molecule has 0 saturated carbocycles. The number of halogens is 6. The number of rotatable bonds is 9. The Balaban J connectivity index is 1.88. The third kappa shape index (κ3) is 10.3. The highest BCUT2D eigenvalue weighted by atomic mass is 19.4. The molecule has 18 heteroatoms. The van der Waals surface area contributed by atoms with Crippen LogP contribution in [0.1, 0.15) is 63.0 Å². The molecule has 0 aliphatic carbocycles. The first-order valence-electron chi connectivity index (χ1n) is 14.1.